The Kier molecular flexibility index (Phi) is 19.4. The molecule has 1 aliphatic heterocycles. The molecule has 4 aromatic rings. The van der Waals surface area contributed by atoms with E-state index < -0.39 is 61.6 Å². The zero-order valence-electron chi connectivity index (χ0n) is 36.4. The molecule has 19 nitrogen and oxygen atoms in total. The molecule has 3 aromatic carbocycles. The Hall–Kier alpha value is -5.19. The molecule has 1 aromatic heterocycles. The fourth-order valence-corrected chi connectivity index (χ4v) is 6.95. The lowest BCUT2D eigenvalue weighted by Gasteiger charge is -2.43. The van der Waals surface area contributed by atoms with Crippen molar-refractivity contribution in [2.45, 2.75) is 70.6 Å². The summed E-state index contributed by atoms with van der Waals surface area (Å²) in [5.41, 5.74) is 0.318. The molecule has 2 atom stereocenters. The number of esters is 1. The number of aliphatic carboxylic acids is 1. The van der Waals surface area contributed by atoms with Gasteiger partial charge in [0.2, 0.25) is 5.79 Å². The summed E-state index contributed by atoms with van der Waals surface area (Å²) in [5.74, 6) is -1.67. The van der Waals surface area contributed by atoms with Crippen LogP contribution in [0.3, 0.4) is 0 Å². The van der Waals surface area contributed by atoms with Crippen molar-refractivity contribution >= 4 is 54.5 Å². The van der Waals surface area contributed by atoms with Gasteiger partial charge < -0.3 is 39.2 Å². The number of carboxylic acid groups (broad SMARTS) is 1. The highest BCUT2D eigenvalue weighted by Crippen LogP contribution is 2.46. The van der Waals surface area contributed by atoms with E-state index in [-0.39, 0.29) is 51.1 Å². The van der Waals surface area contributed by atoms with Crippen LogP contribution < -0.4 is 25.8 Å². The number of amides is 2. The van der Waals surface area contributed by atoms with Crippen molar-refractivity contribution in [3.8, 4) is 22.9 Å². The molecular weight excluding hydrogens is 931 g/mol. The lowest BCUT2D eigenvalue weighted by Crippen LogP contribution is -2.45. The van der Waals surface area contributed by atoms with E-state index in [2.05, 4.69) is 29.6 Å². The van der Waals surface area contributed by atoms with E-state index in [0.717, 1.165) is 34.9 Å². The number of urea groups is 1. The molecule has 1 aliphatic rings. The molecule has 25 heteroatoms. The number of rotatable bonds is 15. The lowest BCUT2D eigenvalue weighted by atomic mass is 9.76. The Morgan fingerprint density at radius 2 is 1.69 bits per heavy atom. The van der Waals surface area contributed by atoms with E-state index in [1.807, 2.05) is 25.1 Å². The minimum atomic E-state index is -4.10. The molecule has 2 amide bonds. The first-order chi connectivity index (χ1) is 30.2. The quantitative estimate of drug-likeness (QED) is 0.0350. The Balaban J connectivity index is 0.000000288. The molecule has 358 valence electrons. The molecule has 0 radical (unpaired) electrons. The summed E-state index contributed by atoms with van der Waals surface area (Å²) in [6.45, 7) is 5.67. The average Bonchev–Trinajstić information content (AvgIpc) is 3.51. The SMILES string of the molecule is CCOC(=O)C(Cl)Cc1cc(-n2nc(C)n(C(F)F)c2=O)c(F)cc1Cl.CON(C)C(=O)Nc1ccc(Oc2ccc3c(c2)OC(C)(OC)CC3(C)C)cc1.O=C(O)CNCP(=O)(O)O. The number of aryl methyl sites for hydroxylation is 1. The van der Waals surface area contributed by atoms with E-state index in [9.17, 15) is 36.9 Å². The Labute approximate surface area is 381 Å². The van der Waals surface area contributed by atoms with E-state index in [1.54, 1.807) is 38.3 Å². The Morgan fingerprint density at radius 3 is 2.23 bits per heavy atom. The number of ether oxygens (including phenoxy) is 4. The van der Waals surface area contributed by atoms with Gasteiger partial charge in [0, 0.05) is 56.3 Å². The number of aromatic nitrogens is 3. The average molecular weight is 982 g/mol. The molecule has 5 N–H and O–H groups in total. The molecule has 0 spiro atoms. The maximum absolute atomic E-state index is 14.2. The second-order valence-electron chi connectivity index (χ2n) is 14.7. The number of halogens is 5. The van der Waals surface area contributed by atoms with Crippen LogP contribution >= 0.6 is 30.8 Å². The minimum Gasteiger partial charge on any atom is -0.480 e. The number of anilines is 1. The zero-order valence-corrected chi connectivity index (χ0v) is 38.8. The summed E-state index contributed by atoms with van der Waals surface area (Å²) in [7, 11) is 0.517. The van der Waals surface area contributed by atoms with Crippen molar-refractivity contribution in [1.82, 2.24) is 24.7 Å². The largest absolute Gasteiger partial charge is 0.480 e. The molecule has 65 heavy (non-hydrogen) atoms. The maximum atomic E-state index is 14.2. The van der Waals surface area contributed by atoms with Crippen molar-refractivity contribution in [2.24, 2.45) is 0 Å². The summed E-state index contributed by atoms with van der Waals surface area (Å²) in [4.78, 5) is 66.5. The number of carbonyl (C=O) groups excluding carboxylic acids is 2. The highest BCUT2D eigenvalue weighted by molar-refractivity contribution is 7.51. The Morgan fingerprint density at radius 1 is 1.06 bits per heavy atom. The van der Waals surface area contributed by atoms with Gasteiger partial charge in [0.25, 0.3) is 0 Å². The van der Waals surface area contributed by atoms with Gasteiger partial charge >= 0.3 is 37.8 Å². The number of benzene rings is 3. The van der Waals surface area contributed by atoms with Crippen molar-refractivity contribution in [3.05, 3.63) is 92.9 Å². The van der Waals surface area contributed by atoms with E-state index in [0.29, 0.717) is 21.9 Å². The van der Waals surface area contributed by atoms with Gasteiger partial charge in [-0.15, -0.1) is 16.7 Å². The first-order valence-corrected chi connectivity index (χ1v) is 21.8. The highest BCUT2D eigenvalue weighted by Gasteiger charge is 2.42. The van der Waals surface area contributed by atoms with Crippen LogP contribution in [0.4, 0.5) is 23.7 Å². The maximum Gasteiger partial charge on any atom is 0.355 e. The second-order valence-corrected chi connectivity index (χ2v) is 17.3. The first kappa shape index (κ1) is 54.1. The summed E-state index contributed by atoms with van der Waals surface area (Å²) >= 11 is 11.9. The minimum absolute atomic E-state index is 0.0424. The number of nitrogens with zero attached hydrogens (tertiary/aromatic N) is 4. The van der Waals surface area contributed by atoms with Gasteiger partial charge in [-0.3, -0.25) is 24.3 Å². The fraction of sp³-hybridized carbons (Fsp3) is 0.425. The third-order valence-corrected chi connectivity index (χ3v) is 10.5. The number of alkyl halides is 3. The number of nitrogens with one attached hydrogen (secondary N) is 2. The van der Waals surface area contributed by atoms with E-state index in [4.69, 9.17) is 61.9 Å². The number of hydrogen-bond acceptors (Lipinski definition) is 12. The predicted octanol–water partition coefficient (Wildman–Crippen LogP) is 6.97. The molecule has 0 saturated heterocycles. The van der Waals surface area contributed by atoms with Gasteiger partial charge in [0.05, 0.1) is 26.5 Å². The smallest absolute Gasteiger partial charge is 0.355 e. The van der Waals surface area contributed by atoms with Crippen LogP contribution in [-0.4, -0.2) is 104 Å². The third-order valence-electron chi connectivity index (χ3n) is 9.16. The van der Waals surface area contributed by atoms with Crippen LogP contribution in [0.2, 0.25) is 5.02 Å². The zero-order chi connectivity index (χ0) is 49.0. The van der Waals surface area contributed by atoms with Gasteiger partial charge in [-0.2, -0.15) is 13.5 Å². The topological polar surface area (TPSA) is 242 Å². The fourth-order valence-electron chi connectivity index (χ4n) is 6.09. The van der Waals surface area contributed by atoms with Crippen LogP contribution in [0.15, 0.2) is 59.4 Å². The van der Waals surface area contributed by atoms with Crippen LogP contribution in [0, 0.1) is 12.7 Å². The molecule has 0 saturated carbocycles. The van der Waals surface area contributed by atoms with Crippen molar-refractivity contribution in [1.29, 1.82) is 0 Å². The van der Waals surface area contributed by atoms with E-state index in [1.165, 1.54) is 21.1 Å². The van der Waals surface area contributed by atoms with Crippen LogP contribution in [0.25, 0.3) is 5.69 Å². The van der Waals surface area contributed by atoms with Crippen LogP contribution in [0.5, 0.6) is 17.2 Å². The number of fused-ring (bicyclic) bond motifs is 1. The Bertz CT molecular complexity index is 2400. The van der Waals surface area contributed by atoms with Gasteiger partial charge in [-0.05, 0) is 67.3 Å². The van der Waals surface area contributed by atoms with Crippen molar-refractivity contribution in [3.63, 3.8) is 0 Å². The second kappa shape index (κ2) is 23.3. The molecule has 2 heterocycles. The molecule has 5 rings (SSSR count). The summed E-state index contributed by atoms with van der Waals surface area (Å²) in [6.07, 6.45) is 0.0459. The number of carbonyl (C=O) groups is 3. The summed E-state index contributed by atoms with van der Waals surface area (Å²) in [6, 6.07) is 14.6. The normalized spacial score (nSPS) is 15.5. The third kappa shape index (κ3) is 15.7. The summed E-state index contributed by atoms with van der Waals surface area (Å²) < 4.78 is 73.2. The van der Waals surface area contributed by atoms with Gasteiger partial charge in [0.1, 0.15) is 34.1 Å². The molecule has 0 aliphatic carbocycles. The van der Waals surface area contributed by atoms with Gasteiger partial charge in [-0.25, -0.2) is 23.6 Å². The number of methoxy groups -OCH3 is 1. The van der Waals surface area contributed by atoms with Crippen LogP contribution in [-0.2, 0) is 40.3 Å². The van der Waals surface area contributed by atoms with Crippen LogP contribution in [0.1, 0.15) is 57.6 Å². The number of hydrogen-bond donors (Lipinski definition) is 5. The lowest BCUT2D eigenvalue weighted by molar-refractivity contribution is -0.172. The number of carboxylic acids is 1. The monoisotopic (exact) mass is 980 g/mol. The first-order valence-electron chi connectivity index (χ1n) is 19.2. The standard InChI is InChI=1S/C22H28N2O5.C15H14Cl2F3N3O3.C3H8NO5P/c1-21(2)14-22(3,26-5)29-19-13-17(11-12-18(19)21)28-16-9-7-15(8-10-16)23-20(25)24(4)27-6;1-3-26-13(24)10(17)4-8-5-12(11(18)6-9(8)16)23-15(25)22(14(19)20)7(2)21-23;5-3(6)1-4-2-10(7,8)9/h7-13H,14H2,1-6H3,(H,23,25);5-6,10,14H,3-4H2,1-2H3;4H,1-2H2,(H,5,6)(H2,7,8,9). The van der Waals surface area contributed by atoms with Gasteiger partial charge in [-0.1, -0.05) is 31.5 Å². The molecule has 0 bridgehead atoms. The predicted molar refractivity (Wildman–Crippen MR) is 232 cm³/mol. The molecule has 2 unspecified atom stereocenters. The van der Waals surface area contributed by atoms with Gasteiger partial charge in [0.15, 0.2) is 5.82 Å². The summed E-state index contributed by atoms with van der Waals surface area (Å²) in [5, 5.41) is 16.4. The highest BCUT2D eigenvalue weighted by atomic mass is 35.5. The van der Waals surface area contributed by atoms with Crippen molar-refractivity contribution in [2.75, 3.05) is 46.0 Å². The molecular formula is C40H50Cl2F3N6O13P. The molecule has 0 fully saturated rings. The van der Waals surface area contributed by atoms with Crippen molar-refractivity contribution < 1.29 is 70.8 Å². The van der Waals surface area contributed by atoms with E-state index >= 15 is 0 Å². The number of hydroxylamine groups is 2.